The van der Waals surface area contributed by atoms with Gasteiger partial charge in [0.15, 0.2) is 0 Å². The molecule has 0 bridgehead atoms. The Balaban J connectivity index is 1.42. The number of aromatic nitrogens is 1. The van der Waals surface area contributed by atoms with E-state index in [9.17, 15) is 4.79 Å². The summed E-state index contributed by atoms with van der Waals surface area (Å²) in [7, 11) is 1.66. The molecule has 1 aliphatic heterocycles. The van der Waals surface area contributed by atoms with Gasteiger partial charge in [0.05, 0.1) is 20.3 Å². The van der Waals surface area contributed by atoms with Gasteiger partial charge in [-0.15, -0.1) is 0 Å². The number of nitrogens with zero attached hydrogens (tertiary/aromatic N) is 2. The Hall–Kier alpha value is -2.64. The maximum Gasteiger partial charge on any atom is 0.251 e. The average molecular weight is 384 g/mol. The van der Waals surface area contributed by atoms with Crippen LogP contribution in [0.4, 0.5) is 5.82 Å². The zero-order chi connectivity index (χ0) is 19.6. The molecule has 28 heavy (non-hydrogen) atoms. The number of ether oxygens (including phenoxy) is 2. The summed E-state index contributed by atoms with van der Waals surface area (Å²) in [5.74, 6) is 1.48. The number of anilines is 1. The number of benzene rings is 1. The number of rotatable bonds is 9. The normalized spacial score (nSPS) is 14.5. The van der Waals surface area contributed by atoms with E-state index in [0.717, 1.165) is 51.6 Å². The minimum absolute atomic E-state index is 0.0751. The highest BCUT2D eigenvalue weighted by atomic mass is 16.5. The Morgan fingerprint density at radius 3 is 2.71 bits per heavy atom. The second kappa shape index (κ2) is 10.6. The monoisotopic (exact) mass is 384 g/mol. The van der Waals surface area contributed by atoms with Gasteiger partial charge in [-0.1, -0.05) is 12.1 Å². The van der Waals surface area contributed by atoms with Gasteiger partial charge in [-0.2, -0.15) is 0 Å². The van der Waals surface area contributed by atoms with Crippen molar-refractivity contribution in [2.45, 2.75) is 6.42 Å². The van der Waals surface area contributed by atoms with Crippen LogP contribution in [0.1, 0.15) is 15.9 Å². The molecular formula is C21H28N4O3. The zero-order valence-electron chi connectivity index (χ0n) is 16.3. The van der Waals surface area contributed by atoms with Crippen LogP contribution in [0.2, 0.25) is 0 Å². The van der Waals surface area contributed by atoms with Crippen LogP contribution in [-0.4, -0.2) is 68.8 Å². The number of hydrogen-bond donors (Lipinski definition) is 2. The number of morpholine rings is 1. The third kappa shape index (κ3) is 6.21. The Morgan fingerprint density at radius 2 is 1.96 bits per heavy atom. The van der Waals surface area contributed by atoms with Crippen LogP contribution >= 0.6 is 0 Å². The lowest BCUT2D eigenvalue weighted by molar-refractivity contribution is 0.0383. The molecule has 2 aromatic rings. The van der Waals surface area contributed by atoms with Crippen molar-refractivity contribution in [3.8, 4) is 5.75 Å². The van der Waals surface area contributed by atoms with E-state index in [-0.39, 0.29) is 5.91 Å². The molecule has 0 spiro atoms. The number of carbonyl (C=O) groups is 1. The van der Waals surface area contributed by atoms with Crippen molar-refractivity contribution in [1.29, 1.82) is 0 Å². The number of amides is 1. The largest absolute Gasteiger partial charge is 0.497 e. The Morgan fingerprint density at radius 1 is 1.18 bits per heavy atom. The first kappa shape index (κ1) is 20.1. The molecule has 2 heterocycles. The molecule has 0 aliphatic carbocycles. The first-order valence-corrected chi connectivity index (χ1v) is 9.66. The maximum atomic E-state index is 12.4. The molecular weight excluding hydrogens is 356 g/mol. The van der Waals surface area contributed by atoms with Crippen LogP contribution in [0.5, 0.6) is 5.75 Å². The van der Waals surface area contributed by atoms with Crippen LogP contribution in [0.25, 0.3) is 0 Å². The Kier molecular flexibility index (Phi) is 7.63. The van der Waals surface area contributed by atoms with Crippen molar-refractivity contribution in [3.63, 3.8) is 0 Å². The highest BCUT2D eigenvalue weighted by molar-refractivity contribution is 5.94. The van der Waals surface area contributed by atoms with Gasteiger partial charge >= 0.3 is 0 Å². The Bertz CT molecular complexity index is 746. The van der Waals surface area contributed by atoms with Crippen LogP contribution in [0, 0.1) is 0 Å². The minimum Gasteiger partial charge on any atom is -0.497 e. The molecule has 1 fully saturated rings. The topological polar surface area (TPSA) is 75.7 Å². The quantitative estimate of drug-likeness (QED) is 0.687. The maximum absolute atomic E-state index is 12.4. The fourth-order valence-electron chi connectivity index (χ4n) is 3.05. The second-order valence-electron chi connectivity index (χ2n) is 6.66. The van der Waals surface area contributed by atoms with Crippen LogP contribution in [-0.2, 0) is 11.2 Å². The van der Waals surface area contributed by atoms with Gasteiger partial charge in [0, 0.05) is 44.5 Å². The average Bonchev–Trinajstić information content (AvgIpc) is 2.75. The molecule has 0 radical (unpaired) electrons. The molecule has 1 saturated heterocycles. The summed E-state index contributed by atoms with van der Waals surface area (Å²) in [5, 5.41) is 6.26. The third-order valence-electron chi connectivity index (χ3n) is 4.72. The van der Waals surface area contributed by atoms with E-state index in [1.165, 1.54) is 5.56 Å². The molecule has 7 heteroatoms. The van der Waals surface area contributed by atoms with Crippen molar-refractivity contribution in [1.82, 2.24) is 15.2 Å². The van der Waals surface area contributed by atoms with Gasteiger partial charge in [-0.3, -0.25) is 9.69 Å². The number of carbonyl (C=O) groups excluding carboxylic acids is 1. The zero-order valence-corrected chi connectivity index (χ0v) is 16.3. The summed E-state index contributed by atoms with van der Waals surface area (Å²) in [6.45, 7) is 5.59. The molecule has 3 rings (SSSR count). The van der Waals surface area contributed by atoms with Crippen LogP contribution in [0.15, 0.2) is 42.6 Å². The number of hydrogen-bond acceptors (Lipinski definition) is 6. The minimum atomic E-state index is -0.0751. The van der Waals surface area contributed by atoms with E-state index >= 15 is 0 Å². The molecule has 0 saturated carbocycles. The lowest BCUT2D eigenvalue weighted by Gasteiger charge is -2.26. The molecule has 1 amide bonds. The second-order valence-corrected chi connectivity index (χ2v) is 6.66. The molecule has 1 aromatic carbocycles. The van der Waals surface area contributed by atoms with Gasteiger partial charge in [-0.05, 0) is 36.2 Å². The summed E-state index contributed by atoms with van der Waals surface area (Å²) in [6, 6.07) is 11.5. The standard InChI is InChI=1S/C21H28N4O3/c1-27-19-4-2-17(3-5-19)6-8-22-20-16-18(7-9-23-20)21(26)24-10-11-25-12-14-28-15-13-25/h2-5,7,9,16H,6,8,10-15H2,1H3,(H,22,23)(H,24,26). The SMILES string of the molecule is COc1ccc(CCNc2cc(C(=O)NCCN3CCOCC3)ccn2)cc1. The Labute approximate surface area is 166 Å². The van der Waals surface area contributed by atoms with E-state index in [0.29, 0.717) is 17.9 Å². The van der Waals surface area contributed by atoms with Crippen molar-refractivity contribution >= 4 is 11.7 Å². The summed E-state index contributed by atoms with van der Waals surface area (Å²) in [4.78, 5) is 19.0. The van der Waals surface area contributed by atoms with Crippen molar-refractivity contribution in [2.24, 2.45) is 0 Å². The lowest BCUT2D eigenvalue weighted by Crippen LogP contribution is -2.41. The van der Waals surface area contributed by atoms with Gasteiger partial charge in [-0.25, -0.2) is 4.98 Å². The lowest BCUT2D eigenvalue weighted by atomic mass is 10.1. The summed E-state index contributed by atoms with van der Waals surface area (Å²) in [5.41, 5.74) is 1.83. The fourth-order valence-corrected chi connectivity index (χ4v) is 3.05. The summed E-state index contributed by atoms with van der Waals surface area (Å²) < 4.78 is 10.5. The van der Waals surface area contributed by atoms with E-state index in [1.807, 2.05) is 24.3 Å². The van der Waals surface area contributed by atoms with Gasteiger partial charge in [0.1, 0.15) is 11.6 Å². The van der Waals surface area contributed by atoms with E-state index in [1.54, 1.807) is 25.4 Å². The number of methoxy groups -OCH3 is 1. The predicted octanol–water partition coefficient (Wildman–Crippen LogP) is 1.81. The molecule has 7 nitrogen and oxygen atoms in total. The van der Waals surface area contributed by atoms with Crippen LogP contribution < -0.4 is 15.4 Å². The predicted molar refractivity (Wildman–Crippen MR) is 109 cm³/mol. The van der Waals surface area contributed by atoms with E-state index < -0.39 is 0 Å². The van der Waals surface area contributed by atoms with Crippen molar-refractivity contribution < 1.29 is 14.3 Å². The molecule has 150 valence electrons. The van der Waals surface area contributed by atoms with Gasteiger partial charge in [0.2, 0.25) is 0 Å². The van der Waals surface area contributed by atoms with Crippen molar-refractivity contribution in [2.75, 3.05) is 58.4 Å². The van der Waals surface area contributed by atoms with E-state index in [4.69, 9.17) is 9.47 Å². The summed E-state index contributed by atoms with van der Waals surface area (Å²) in [6.07, 6.45) is 2.52. The summed E-state index contributed by atoms with van der Waals surface area (Å²) >= 11 is 0. The van der Waals surface area contributed by atoms with Crippen LogP contribution in [0.3, 0.4) is 0 Å². The number of pyridine rings is 1. The van der Waals surface area contributed by atoms with E-state index in [2.05, 4.69) is 20.5 Å². The molecule has 1 aliphatic rings. The molecule has 2 N–H and O–H groups in total. The highest BCUT2D eigenvalue weighted by Crippen LogP contribution is 2.12. The first-order valence-electron chi connectivity index (χ1n) is 9.66. The van der Waals surface area contributed by atoms with Gasteiger partial charge in [0.25, 0.3) is 5.91 Å². The first-order chi connectivity index (χ1) is 13.7. The van der Waals surface area contributed by atoms with Crippen molar-refractivity contribution in [3.05, 3.63) is 53.7 Å². The third-order valence-corrected chi connectivity index (χ3v) is 4.72. The van der Waals surface area contributed by atoms with Gasteiger partial charge < -0.3 is 20.1 Å². The highest BCUT2D eigenvalue weighted by Gasteiger charge is 2.11. The molecule has 0 atom stereocenters. The smallest absolute Gasteiger partial charge is 0.251 e. The molecule has 1 aromatic heterocycles. The number of nitrogens with one attached hydrogen (secondary N) is 2. The molecule has 0 unspecified atom stereocenters. The fraction of sp³-hybridized carbons (Fsp3) is 0.429.